The van der Waals surface area contributed by atoms with Crippen molar-refractivity contribution in [1.29, 1.82) is 0 Å². The van der Waals surface area contributed by atoms with E-state index in [-0.39, 0.29) is 33.9 Å². The number of anilines is 1. The van der Waals surface area contributed by atoms with Crippen LogP contribution in [-0.2, 0) is 10.0 Å². The lowest BCUT2D eigenvalue weighted by Gasteiger charge is -2.11. The summed E-state index contributed by atoms with van der Waals surface area (Å²) in [5.74, 6) is -0.429. The number of sulfonamides is 1. The summed E-state index contributed by atoms with van der Waals surface area (Å²) in [4.78, 5) is -0.251. The largest absolute Gasteiger partial charge is 0.441 e. The van der Waals surface area contributed by atoms with Crippen LogP contribution in [0.3, 0.4) is 0 Å². The Morgan fingerprint density at radius 3 is 2.55 bits per heavy atom. The van der Waals surface area contributed by atoms with Gasteiger partial charge in [-0.2, -0.15) is 13.2 Å². The average molecular weight is 349 g/mol. The fourth-order valence-electron chi connectivity index (χ4n) is 1.30. The van der Waals surface area contributed by atoms with E-state index in [1.165, 1.54) is 12.1 Å². The van der Waals surface area contributed by atoms with Crippen molar-refractivity contribution in [1.82, 2.24) is 4.72 Å². The van der Waals surface area contributed by atoms with Crippen molar-refractivity contribution in [2.75, 3.05) is 18.0 Å². The molecule has 0 radical (unpaired) electrons. The second kappa shape index (κ2) is 6.42. The van der Waals surface area contributed by atoms with Crippen LogP contribution in [0.5, 0.6) is 0 Å². The molecule has 20 heavy (non-hydrogen) atoms. The highest BCUT2D eigenvalue weighted by molar-refractivity contribution is 8.00. The molecule has 1 rings (SSSR count). The zero-order chi connectivity index (χ0) is 15.6. The molecule has 0 spiro atoms. The molecule has 0 saturated heterocycles. The molecule has 10 heteroatoms. The minimum absolute atomic E-state index is 0.0346. The second-order valence-corrected chi connectivity index (χ2v) is 7.13. The maximum Gasteiger partial charge on any atom is 0.441 e. The minimum atomic E-state index is -4.39. The third kappa shape index (κ3) is 5.04. The van der Waals surface area contributed by atoms with Crippen LogP contribution in [0.15, 0.2) is 17.0 Å². The molecule has 0 aliphatic heterocycles. The first-order valence-corrected chi connectivity index (χ1v) is 8.13. The summed E-state index contributed by atoms with van der Waals surface area (Å²) in [7, 11) is -3.99. The van der Waals surface area contributed by atoms with Crippen molar-refractivity contribution in [2.45, 2.75) is 17.3 Å². The normalized spacial score (nSPS) is 12.7. The van der Waals surface area contributed by atoms with Crippen LogP contribution in [0.4, 0.5) is 18.9 Å². The summed E-state index contributed by atoms with van der Waals surface area (Å²) in [6.07, 6.45) is 0. The van der Waals surface area contributed by atoms with E-state index in [9.17, 15) is 21.6 Å². The zero-order valence-electron chi connectivity index (χ0n) is 10.3. The van der Waals surface area contributed by atoms with Gasteiger partial charge >= 0.3 is 5.51 Å². The molecular formula is C10H12ClF3N2O2S2. The SMILES string of the molecule is Cc1cc(Cl)c(S(=O)(=O)NCCSC(F)(F)F)cc1N. The van der Waals surface area contributed by atoms with Gasteiger partial charge in [-0.3, -0.25) is 0 Å². The van der Waals surface area contributed by atoms with Crippen LogP contribution < -0.4 is 10.5 Å². The quantitative estimate of drug-likeness (QED) is 0.634. The van der Waals surface area contributed by atoms with E-state index < -0.39 is 21.3 Å². The molecule has 4 nitrogen and oxygen atoms in total. The maximum absolute atomic E-state index is 11.9. The average Bonchev–Trinajstić information content (AvgIpc) is 2.28. The highest BCUT2D eigenvalue weighted by atomic mass is 35.5. The van der Waals surface area contributed by atoms with Crippen molar-refractivity contribution in [3.05, 3.63) is 22.7 Å². The number of rotatable bonds is 5. The van der Waals surface area contributed by atoms with Gasteiger partial charge in [-0.05, 0) is 36.4 Å². The zero-order valence-corrected chi connectivity index (χ0v) is 12.7. The van der Waals surface area contributed by atoms with Gasteiger partial charge in [0.05, 0.1) is 5.02 Å². The molecule has 114 valence electrons. The second-order valence-electron chi connectivity index (χ2n) is 3.83. The van der Waals surface area contributed by atoms with Crippen LogP contribution >= 0.6 is 23.4 Å². The Hall–Kier alpha value is -0.640. The Labute approximate surface area is 123 Å². The standard InChI is InChI=1S/C10H12ClF3N2O2S2/c1-6-4-7(11)9(5-8(6)15)20(17,18)16-2-3-19-10(12,13)14/h4-5,16H,2-3,15H2,1H3. The van der Waals surface area contributed by atoms with Crippen LogP contribution in [0, 0.1) is 6.92 Å². The molecule has 0 unspecified atom stereocenters. The summed E-state index contributed by atoms with van der Waals surface area (Å²) < 4.78 is 61.6. The van der Waals surface area contributed by atoms with Crippen molar-refractivity contribution in [2.24, 2.45) is 0 Å². The lowest BCUT2D eigenvalue weighted by atomic mass is 10.2. The van der Waals surface area contributed by atoms with E-state index in [2.05, 4.69) is 0 Å². The van der Waals surface area contributed by atoms with Gasteiger partial charge in [-0.1, -0.05) is 11.6 Å². The molecule has 0 atom stereocenters. The Bertz CT molecular complexity index is 591. The molecule has 1 aromatic rings. The number of thioether (sulfide) groups is 1. The predicted molar refractivity (Wildman–Crippen MR) is 74.3 cm³/mol. The number of aryl methyl sites for hydroxylation is 1. The Morgan fingerprint density at radius 1 is 1.40 bits per heavy atom. The molecule has 1 aromatic carbocycles. The molecule has 0 amide bonds. The lowest BCUT2D eigenvalue weighted by molar-refractivity contribution is -0.0327. The van der Waals surface area contributed by atoms with E-state index >= 15 is 0 Å². The Balaban J connectivity index is 2.77. The Kier molecular flexibility index (Phi) is 5.59. The monoisotopic (exact) mass is 348 g/mol. The lowest BCUT2D eigenvalue weighted by Crippen LogP contribution is -2.27. The highest BCUT2D eigenvalue weighted by Gasteiger charge is 2.28. The molecule has 0 bridgehead atoms. The van der Waals surface area contributed by atoms with Gasteiger partial charge in [0.1, 0.15) is 4.90 Å². The Morgan fingerprint density at radius 2 is 2.00 bits per heavy atom. The third-order valence-corrected chi connectivity index (χ3v) is 4.93. The summed E-state index contributed by atoms with van der Waals surface area (Å²) >= 11 is 5.51. The molecule has 0 heterocycles. The van der Waals surface area contributed by atoms with E-state index in [0.29, 0.717) is 5.56 Å². The molecule has 0 saturated carbocycles. The number of alkyl halides is 3. The first-order chi connectivity index (χ1) is 9.03. The molecule has 0 aliphatic rings. The highest BCUT2D eigenvalue weighted by Crippen LogP contribution is 2.30. The summed E-state index contributed by atoms with van der Waals surface area (Å²) in [5, 5.41) is -0.0346. The number of hydrogen-bond donors (Lipinski definition) is 2. The van der Waals surface area contributed by atoms with E-state index in [1.54, 1.807) is 6.92 Å². The van der Waals surface area contributed by atoms with E-state index in [1.807, 2.05) is 4.72 Å². The van der Waals surface area contributed by atoms with Gasteiger partial charge in [-0.25, -0.2) is 13.1 Å². The number of nitrogens with two attached hydrogens (primary N) is 1. The van der Waals surface area contributed by atoms with Crippen molar-refractivity contribution < 1.29 is 21.6 Å². The van der Waals surface area contributed by atoms with Crippen LogP contribution in [0.2, 0.25) is 5.02 Å². The molecular weight excluding hydrogens is 337 g/mol. The first kappa shape index (κ1) is 17.4. The smallest absolute Gasteiger partial charge is 0.398 e. The van der Waals surface area contributed by atoms with Crippen molar-refractivity contribution in [3.8, 4) is 0 Å². The van der Waals surface area contributed by atoms with E-state index in [0.717, 1.165) is 0 Å². The summed E-state index contributed by atoms with van der Waals surface area (Å²) in [6, 6.07) is 2.56. The van der Waals surface area contributed by atoms with Gasteiger partial charge in [0, 0.05) is 18.0 Å². The number of nitrogen functional groups attached to an aromatic ring is 1. The minimum Gasteiger partial charge on any atom is -0.398 e. The fourth-order valence-corrected chi connectivity index (χ4v) is 3.51. The van der Waals surface area contributed by atoms with Crippen molar-refractivity contribution >= 4 is 39.1 Å². The van der Waals surface area contributed by atoms with Gasteiger partial charge in [-0.15, -0.1) is 0 Å². The molecule has 3 N–H and O–H groups in total. The number of benzene rings is 1. The van der Waals surface area contributed by atoms with Crippen LogP contribution in [-0.4, -0.2) is 26.2 Å². The fraction of sp³-hybridized carbons (Fsp3) is 0.400. The number of nitrogens with one attached hydrogen (secondary N) is 1. The first-order valence-electron chi connectivity index (χ1n) is 5.29. The molecule has 0 fully saturated rings. The molecule has 0 aliphatic carbocycles. The predicted octanol–water partition coefficient (Wildman–Crippen LogP) is 2.76. The number of halogens is 4. The topological polar surface area (TPSA) is 72.2 Å². The number of hydrogen-bond acceptors (Lipinski definition) is 4. The summed E-state index contributed by atoms with van der Waals surface area (Å²) in [5.41, 5.74) is 2.05. The van der Waals surface area contributed by atoms with Gasteiger partial charge in [0.25, 0.3) is 0 Å². The van der Waals surface area contributed by atoms with Crippen LogP contribution in [0.1, 0.15) is 5.56 Å². The van der Waals surface area contributed by atoms with Gasteiger partial charge < -0.3 is 5.73 Å². The third-order valence-electron chi connectivity index (χ3n) is 2.27. The summed E-state index contributed by atoms with van der Waals surface area (Å²) in [6.45, 7) is 1.29. The maximum atomic E-state index is 11.9. The van der Waals surface area contributed by atoms with Gasteiger partial charge in [0.15, 0.2) is 0 Å². The van der Waals surface area contributed by atoms with Crippen LogP contribution in [0.25, 0.3) is 0 Å². The molecule has 0 aromatic heterocycles. The van der Waals surface area contributed by atoms with Gasteiger partial charge in [0.2, 0.25) is 10.0 Å². The van der Waals surface area contributed by atoms with Crippen molar-refractivity contribution in [3.63, 3.8) is 0 Å². The van der Waals surface area contributed by atoms with E-state index in [4.69, 9.17) is 17.3 Å².